The van der Waals surface area contributed by atoms with Crippen molar-refractivity contribution in [2.75, 3.05) is 35.9 Å². The smallest absolute Gasteiger partial charge is 0.332 e. The Morgan fingerprint density at radius 1 is 1.06 bits per heavy atom. The molecular formula is C21H22ClN9O3. The molecule has 4 aromatic heterocycles. The van der Waals surface area contributed by atoms with E-state index < -0.39 is 11.2 Å². The van der Waals surface area contributed by atoms with Crippen molar-refractivity contribution in [3.05, 3.63) is 68.2 Å². The van der Waals surface area contributed by atoms with Gasteiger partial charge in [-0.2, -0.15) is 9.35 Å². The van der Waals surface area contributed by atoms with E-state index in [1.165, 1.54) is 28.0 Å². The fourth-order valence-electron chi connectivity index (χ4n) is 3.32. The van der Waals surface area contributed by atoms with Gasteiger partial charge in [0.15, 0.2) is 11.2 Å². The fourth-order valence-corrected chi connectivity index (χ4v) is 3.44. The summed E-state index contributed by atoms with van der Waals surface area (Å²) in [6, 6.07) is 6.49. The summed E-state index contributed by atoms with van der Waals surface area (Å²) in [6.45, 7) is 4.44. The van der Waals surface area contributed by atoms with E-state index in [2.05, 4.69) is 30.8 Å². The summed E-state index contributed by atoms with van der Waals surface area (Å²) in [5.74, 6) is 0.452. The number of rotatable bonds is 7. The monoisotopic (exact) mass is 483 g/mol. The predicted octanol–water partition coefficient (Wildman–Crippen LogP) is 1.40. The number of anilines is 1. The zero-order valence-corrected chi connectivity index (χ0v) is 19.4. The molecule has 0 saturated heterocycles. The number of imidazole rings is 1. The molecule has 0 aliphatic rings. The maximum absolute atomic E-state index is 12.8. The average Bonchev–Trinajstić information content (AvgIpc) is 3.30. The Bertz CT molecular complexity index is 1460. The van der Waals surface area contributed by atoms with Crippen LogP contribution in [0.4, 0.5) is 5.82 Å². The molecule has 0 spiro atoms. The van der Waals surface area contributed by atoms with Gasteiger partial charge in [-0.15, -0.1) is 0 Å². The Labute approximate surface area is 198 Å². The van der Waals surface area contributed by atoms with Crippen LogP contribution < -0.4 is 27.0 Å². The highest BCUT2D eigenvalue weighted by Crippen LogP contribution is 2.21. The number of hydrogen-bond donors (Lipinski definition) is 3. The summed E-state index contributed by atoms with van der Waals surface area (Å²) in [6.07, 6.45) is 2.92. The van der Waals surface area contributed by atoms with Crippen LogP contribution in [-0.2, 0) is 0 Å². The van der Waals surface area contributed by atoms with Crippen LogP contribution in [0, 0.1) is 0 Å². The van der Waals surface area contributed by atoms with E-state index in [4.69, 9.17) is 11.6 Å². The zero-order chi connectivity index (χ0) is 24.4. The molecule has 176 valence electrons. The minimum Gasteiger partial charge on any atom is -0.332 e. The van der Waals surface area contributed by atoms with Gasteiger partial charge in [-0.25, -0.2) is 19.7 Å². The Kier molecular flexibility index (Phi) is 6.32. The molecule has 0 aromatic carbocycles. The van der Waals surface area contributed by atoms with Crippen molar-refractivity contribution in [2.24, 2.45) is 0 Å². The first-order valence-electron chi connectivity index (χ1n) is 10.5. The maximum Gasteiger partial charge on any atom is 0.370 e. The van der Waals surface area contributed by atoms with Gasteiger partial charge in [0.2, 0.25) is 0 Å². The van der Waals surface area contributed by atoms with Gasteiger partial charge in [0.25, 0.3) is 5.91 Å². The van der Waals surface area contributed by atoms with Gasteiger partial charge in [0, 0.05) is 38.1 Å². The third kappa shape index (κ3) is 4.10. The van der Waals surface area contributed by atoms with Gasteiger partial charge in [-0.05, 0) is 38.1 Å². The number of halogens is 1. The van der Waals surface area contributed by atoms with Crippen LogP contribution in [0.5, 0.6) is 0 Å². The number of nitrogens with zero attached hydrogens (tertiary/aromatic N) is 6. The normalized spacial score (nSPS) is 10.9. The number of nitrogens with one attached hydrogen (secondary N) is 3. The number of H-pyrrole nitrogens is 1. The molecule has 0 unspecified atom stereocenters. The van der Waals surface area contributed by atoms with Gasteiger partial charge in [-0.1, -0.05) is 11.6 Å². The molecule has 13 heteroatoms. The number of amides is 1. The van der Waals surface area contributed by atoms with E-state index in [1.54, 1.807) is 32.2 Å². The molecule has 4 rings (SSSR count). The molecule has 3 N–H and O–H groups in total. The number of aromatic nitrogens is 6. The Hall–Kier alpha value is -4.19. The number of fused-ring (bicyclic) bond motifs is 1. The van der Waals surface area contributed by atoms with Crippen molar-refractivity contribution in [1.82, 2.24) is 29.3 Å². The molecule has 4 aromatic rings. The Morgan fingerprint density at radius 3 is 2.41 bits per heavy atom. The van der Waals surface area contributed by atoms with Crippen molar-refractivity contribution in [3.8, 4) is 11.4 Å². The summed E-state index contributed by atoms with van der Waals surface area (Å²) >= 11 is 5.78. The number of carbonyl (C=O) groups is 1. The maximum atomic E-state index is 12.8. The first kappa shape index (κ1) is 23.0. The first-order chi connectivity index (χ1) is 16.3. The van der Waals surface area contributed by atoms with Crippen molar-refractivity contribution in [2.45, 2.75) is 13.8 Å². The molecule has 34 heavy (non-hydrogen) atoms. The van der Waals surface area contributed by atoms with Crippen LogP contribution in [0.15, 0.2) is 46.2 Å². The van der Waals surface area contributed by atoms with Crippen LogP contribution >= 0.6 is 11.6 Å². The number of carbonyl (C=O) groups excluding carboxylic acids is 1. The standard InChI is InChI=1S/C21H22ClN9O3/c1-4-25-30-18-16(20(33)31(21(30)34)26-5-2)27-17(28-18)12-7-9-15(24-10-12)29(3)19(32)13-6-8-14(22)23-11-13/h6-11,25-26H,4-5H2,1-3H3,(H,27,28). The topological polar surface area (TPSA) is 143 Å². The summed E-state index contributed by atoms with van der Waals surface area (Å²) in [7, 11) is 1.60. The minimum absolute atomic E-state index is 0.156. The lowest BCUT2D eigenvalue weighted by Gasteiger charge is -2.16. The molecule has 0 saturated carbocycles. The number of aromatic amines is 1. The number of hydrogen-bond acceptors (Lipinski definition) is 8. The number of pyridine rings is 2. The van der Waals surface area contributed by atoms with Crippen molar-refractivity contribution < 1.29 is 4.79 Å². The first-order valence-corrected chi connectivity index (χ1v) is 10.8. The highest BCUT2D eigenvalue weighted by atomic mass is 35.5. The van der Waals surface area contributed by atoms with Gasteiger partial charge >= 0.3 is 11.2 Å². The third-order valence-corrected chi connectivity index (χ3v) is 5.20. The van der Waals surface area contributed by atoms with Crippen LogP contribution in [0.2, 0.25) is 5.15 Å². The second kappa shape index (κ2) is 9.35. The average molecular weight is 484 g/mol. The molecule has 0 bridgehead atoms. The van der Waals surface area contributed by atoms with Gasteiger partial charge in [-0.3, -0.25) is 14.5 Å². The lowest BCUT2D eigenvalue weighted by atomic mass is 10.2. The molecule has 4 heterocycles. The summed E-state index contributed by atoms with van der Waals surface area (Å²) < 4.78 is 2.15. The van der Waals surface area contributed by atoms with Crippen molar-refractivity contribution in [3.63, 3.8) is 0 Å². The van der Waals surface area contributed by atoms with E-state index in [9.17, 15) is 14.4 Å². The summed E-state index contributed by atoms with van der Waals surface area (Å²) in [4.78, 5) is 55.3. The highest BCUT2D eigenvalue weighted by Gasteiger charge is 2.19. The molecule has 1 amide bonds. The van der Waals surface area contributed by atoms with E-state index in [0.717, 1.165) is 4.68 Å². The molecule has 12 nitrogen and oxygen atoms in total. The zero-order valence-electron chi connectivity index (χ0n) is 18.7. The lowest BCUT2D eigenvalue weighted by Crippen LogP contribution is -2.47. The van der Waals surface area contributed by atoms with Gasteiger partial charge in [0.1, 0.15) is 16.8 Å². The molecular weight excluding hydrogens is 462 g/mol. The molecule has 0 aliphatic carbocycles. The largest absolute Gasteiger partial charge is 0.370 e. The Balaban J connectivity index is 1.70. The molecule has 0 radical (unpaired) electrons. The Morgan fingerprint density at radius 2 is 1.79 bits per heavy atom. The summed E-state index contributed by atoms with van der Waals surface area (Å²) in [5.41, 5.74) is 5.81. The van der Waals surface area contributed by atoms with Gasteiger partial charge in [0.05, 0.1) is 5.56 Å². The highest BCUT2D eigenvalue weighted by molar-refractivity contribution is 6.29. The third-order valence-electron chi connectivity index (χ3n) is 4.97. The van der Waals surface area contributed by atoms with E-state index >= 15 is 0 Å². The lowest BCUT2D eigenvalue weighted by molar-refractivity contribution is 0.0992. The van der Waals surface area contributed by atoms with Crippen molar-refractivity contribution >= 4 is 34.5 Å². The van der Waals surface area contributed by atoms with E-state index in [-0.39, 0.29) is 17.1 Å². The van der Waals surface area contributed by atoms with Crippen LogP contribution in [0.1, 0.15) is 24.2 Å². The quantitative estimate of drug-likeness (QED) is 0.335. The van der Waals surface area contributed by atoms with Crippen LogP contribution in [-0.4, -0.2) is 55.3 Å². The summed E-state index contributed by atoms with van der Waals surface area (Å²) in [5, 5.41) is 0.296. The second-order valence-corrected chi connectivity index (χ2v) is 7.59. The minimum atomic E-state index is -0.579. The van der Waals surface area contributed by atoms with E-state index in [1.807, 2.05) is 6.92 Å². The fraction of sp³-hybridized carbons (Fsp3) is 0.238. The van der Waals surface area contributed by atoms with Crippen LogP contribution in [0.25, 0.3) is 22.6 Å². The van der Waals surface area contributed by atoms with Gasteiger partial charge < -0.3 is 15.8 Å². The second-order valence-electron chi connectivity index (χ2n) is 7.20. The van der Waals surface area contributed by atoms with Crippen LogP contribution in [0.3, 0.4) is 0 Å². The molecule has 0 atom stereocenters. The SMILES string of the molecule is CCNn1c(=O)c2[nH]c(-c3ccc(N(C)C(=O)c4ccc(Cl)nc4)nc3)nc2n(NCC)c1=O. The molecule has 0 aliphatic heterocycles. The molecule has 0 fully saturated rings. The van der Waals surface area contributed by atoms with E-state index in [0.29, 0.717) is 41.0 Å². The predicted molar refractivity (Wildman–Crippen MR) is 130 cm³/mol. The van der Waals surface area contributed by atoms with Crippen molar-refractivity contribution in [1.29, 1.82) is 0 Å².